The fraction of sp³-hybridized carbons (Fsp3) is 0.300. The lowest BCUT2D eigenvalue weighted by molar-refractivity contribution is -0.116. The molecule has 0 saturated heterocycles. The fourth-order valence-electron chi connectivity index (χ4n) is 2.65. The van der Waals surface area contributed by atoms with Crippen LogP contribution in [0.1, 0.15) is 45.1 Å². The Morgan fingerprint density at radius 1 is 1.24 bits per heavy atom. The molecule has 0 radical (unpaired) electrons. The van der Waals surface area contributed by atoms with Crippen LogP contribution in [0.2, 0.25) is 0 Å². The summed E-state index contributed by atoms with van der Waals surface area (Å²) in [5.74, 6) is 0.734. The Hall–Kier alpha value is -2.82. The first kappa shape index (κ1) is 17.0. The van der Waals surface area contributed by atoms with Crippen molar-refractivity contribution < 1.29 is 14.3 Å². The van der Waals surface area contributed by atoms with Crippen LogP contribution < -0.4 is 5.32 Å². The summed E-state index contributed by atoms with van der Waals surface area (Å²) in [6.07, 6.45) is 1.23. The molecule has 130 valence electrons. The topological polar surface area (TPSA) is 75.4 Å². The highest BCUT2D eigenvalue weighted by Crippen LogP contribution is 2.34. The molecule has 0 atom stereocenters. The van der Waals surface area contributed by atoms with E-state index in [4.69, 9.17) is 4.42 Å². The molecule has 0 unspecified atom stereocenters. The van der Waals surface area contributed by atoms with E-state index in [1.165, 1.54) is 11.6 Å². The van der Waals surface area contributed by atoms with Gasteiger partial charge in [0.25, 0.3) is 0 Å². The average molecular weight is 338 g/mol. The third-order valence-electron chi connectivity index (χ3n) is 4.07. The molecule has 0 aliphatic carbocycles. The molecule has 0 aliphatic rings. The quantitative estimate of drug-likeness (QED) is 0.637. The van der Waals surface area contributed by atoms with Gasteiger partial charge in [-0.1, -0.05) is 26.8 Å². The Morgan fingerprint density at radius 2 is 2.04 bits per heavy atom. The van der Waals surface area contributed by atoms with Crippen LogP contribution in [0.15, 0.2) is 40.8 Å². The van der Waals surface area contributed by atoms with E-state index in [-0.39, 0.29) is 11.7 Å². The number of phenols is 1. The second-order valence-electron chi connectivity index (χ2n) is 6.43. The number of hydrogen-bond acceptors (Lipinski definition) is 4. The van der Waals surface area contributed by atoms with Crippen molar-refractivity contribution in [1.29, 1.82) is 0 Å². The van der Waals surface area contributed by atoms with Gasteiger partial charge in [0.1, 0.15) is 11.3 Å². The number of rotatable bonds is 5. The van der Waals surface area contributed by atoms with Crippen LogP contribution in [0, 0.1) is 0 Å². The van der Waals surface area contributed by atoms with E-state index in [1.807, 2.05) is 25.1 Å². The van der Waals surface area contributed by atoms with Crippen molar-refractivity contribution in [3.63, 3.8) is 0 Å². The van der Waals surface area contributed by atoms with E-state index in [0.29, 0.717) is 35.1 Å². The average Bonchev–Trinajstić information content (AvgIpc) is 2.99. The number of anilines is 1. The van der Waals surface area contributed by atoms with E-state index in [1.54, 1.807) is 12.1 Å². The highest BCUT2D eigenvalue weighted by atomic mass is 16.3. The van der Waals surface area contributed by atoms with E-state index < -0.39 is 0 Å². The summed E-state index contributed by atoms with van der Waals surface area (Å²) in [5, 5.41) is 13.0. The number of hydrogen-bond donors (Lipinski definition) is 2. The molecule has 2 aromatic carbocycles. The number of benzene rings is 2. The minimum atomic E-state index is -0.0571. The number of nitrogens with one attached hydrogen (secondary N) is 1. The summed E-state index contributed by atoms with van der Waals surface area (Å²) in [7, 11) is 0. The number of aromatic hydroxyl groups is 1. The first-order valence-electron chi connectivity index (χ1n) is 8.51. The SMILES string of the molecule is CCCC(=O)Nc1ccc(O)c(-c2nc3cc(C(C)C)ccc3o2)c1. The highest BCUT2D eigenvalue weighted by molar-refractivity contribution is 5.91. The number of oxazole rings is 1. The van der Waals surface area contributed by atoms with Gasteiger partial charge in [-0.25, -0.2) is 4.98 Å². The van der Waals surface area contributed by atoms with Crippen molar-refractivity contribution in [2.45, 2.75) is 39.5 Å². The molecule has 0 spiro atoms. The number of carbonyl (C=O) groups is 1. The maximum absolute atomic E-state index is 11.8. The van der Waals surface area contributed by atoms with E-state index in [9.17, 15) is 9.90 Å². The van der Waals surface area contributed by atoms with Gasteiger partial charge in [0.2, 0.25) is 11.8 Å². The summed E-state index contributed by atoms with van der Waals surface area (Å²) in [4.78, 5) is 16.3. The van der Waals surface area contributed by atoms with Gasteiger partial charge < -0.3 is 14.8 Å². The Morgan fingerprint density at radius 3 is 2.76 bits per heavy atom. The Kier molecular flexibility index (Phi) is 4.74. The molecule has 0 fully saturated rings. The van der Waals surface area contributed by atoms with Crippen molar-refractivity contribution in [3.8, 4) is 17.2 Å². The van der Waals surface area contributed by atoms with Crippen LogP contribution in [0.25, 0.3) is 22.6 Å². The normalized spacial score (nSPS) is 11.2. The highest BCUT2D eigenvalue weighted by Gasteiger charge is 2.14. The van der Waals surface area contributed by atoms with Crippen LogP contribution in [0.4, 0.5) is 5.69 Å². The van der Waals surface area contributed by atoms with E-state index in [0.717, 1.165) is 11.9 Å². The van der Waals surface area contributed by atoms with Crippen molar-refractivity contribution in [2.24, 2.45) is 0 Å². The fourth-order valence-corrected chi connectivity index (χ4v) is 2.65. The third-order valence-corrected chi connectivity index (χ3v) is 4.07. The molecule has 0 saturated carbocycles. The van der Waals surface area contributed by atoms with Crippen LogP contribution in [0.5, 0.6) is 5.75 Å². The second-order valence-corrected chi connectivity index (χ2v) is 6.43. The first-order chi connectivity index (χ1) is 12.0. The lowest BCUT2D eigenvalue weighted by Crippen LogP contribution is -2.10. The van der Waals surface area contributed by atoms with Gasteiger partial charge in [-0.3, -0.25) is 4.79 Å². The molecule has 1 aromatic heterocycles. The van der Waals surface area contributed by atoms with Crippen molar-refractivity contribution in [3.05, 3.63) is 42.0 Å². The van der Waals surface area contributed by atoms with Crippen molar-refractivity contribution in [2.75, 3.05) is 5.32 Å². The van der Waals surface area contributed by atoms with Gasteiger partial charge in [-0.15, -0.1) is 0 Å². The summed E-state index contributed by atoms with van der Waals surface area (Å²) in [5.41, 5.74) is 3.66. The number of aromatic nitrogens is 1. The second kappa shape index (κ2) is 6.97. The zero-order chi connectivity index (χ0) is 18.0. The van der Waals surface area contributed by atoms with E-state index >= 15 is 0 Å². The molecular formula is C20H22N2O3. The summed E-state index contributed by atoms with van der Waals surface area (Å²) in [6.45, 7) is 6.19. The monoisotopic (exact) mass is 338 g/mol. The zero-order valence-electron chi connectivity index (χ0n) is 14.7. The number of carbonyl (C=O) groups excluding carboxylic acids is 1. The molecule has 5 heteroatoms. The first-order valence-corrected chi connectivity index (χ1v) is 8.51. The predicted octanol–water partition coefficient (Wildman–Crippen LogP) is 5.06. The molecule has 1 amide bonds. The molecule has 5 nitrogen and oxygen atoms in total. The largest absolute Gasteiger partial charge is 0.507 e. The zero-order valence-corrected chi connectivity index (χ0v) is 14.7. The lowest BCUT2D eigenvalue weighted by atomic mass is 10.0. The standard InChI is InChI=1S/C20H22N2O3/c1-4-5-19(24)21-14-7-8-17(23)15(11-14)20-22-16-10-13(12(2)3)6-9-18(16)25-20/h6-12,23H,4-5H2,1-3H3,(H,21,24). The maximum Gasteiger partial charge on any atom is 0.231 e. The van der Waals surface area contributed by atoms with Crippen molar-refractivity contribution in [1.82, 2.24) is 4.98 Å². The Balaban J connectivity index is 1.97. The lowest BCUT2D eigenvalue weighted by Gasteiger charge is -2.07. The number of fused-ring (bicyclic) bond motifs is 1. The molecule has 25 heavy (non-hydrogen) atoms. The molecule has 0 bridgehead atoms. The predicted molar refractivity (Wildman–Crippen MR) is 98.7 cm³/mol. The van der Waals surface area contributed by atoms with Crippen LogP contribution in [-0.4, -0.2) is 16.0 Å². The molecule has 1 heterocycles. The minimum absolute atomic E-state index is 0.0571. The number of nitrogens with zero attached hydrogens (tertiary/aromatic N) is 1. The third kappa shape index (κ3) is 3.65. The van der Waals surface area contributed by atoms with Gasteiger partial charge in [-0.05, 0) is 48.2 Å². The smallest absolute Gasteiger partial charge is 0.231 e. The number of amides is 1. The van der Waals surface area contributed by atoms with Gasteiger partial charge in [0.05, 0.1) is 5.56 Å². The maximum atomic E-state index is 11.8. The van der Waals surface area contributed by atoms with Crippen LogP contribution in [-0.2, 0) is 4.79 Å². The summed E-state index contributed by atoms with van der Waals surface area (Å²) < 4.78 is 5.79. The van der Waals surface area contributed by atoms with Gasteiger partial charge in [0, 0.05) is 12.1 Å². The van der Waals surface area contributed by atoms with Gasteiger partial charge in [0.15, 0.2) is 5.58 Å². The summed E-state index contributed by atoms with van der Waals surface area (Å²) in [6, 6.07) is 10.8. The van der Waals surface area contributed by atoms with Gasteiger partial charge in [-0.2, -0.15) is 0 Å². The Labute approximate surface area is 146 Å². The molecule has 3 aromatic rings. The van der Waals surface area contributed by atoms with Gasteiger partial charge >= 0.3 is 0 Å². The molecule has 3 rings (SSSR count). The summed E-state index contributed by atoms with van der Waals surface area (Å²) >= 11 is 0. The number of phenolic OH excluding ortho intramolecular Hbond substituents is 1. The van der Waals surface area contributed by atoms with E-state index in [2.05, 4.69) is 24.1 Å². The minimum Gasteiger partial charge on any atom is -0.507 e. The van der Waals surface area contributed by atoms with Crippen LogP contribution in [0.3, 0.4) is 0 Å². The van der Waals surface area contributed by atoms with Crippen molar-refractivity contribution >= 4 is 22.7 Å². The molecular weight excluding hydrogens is 316 g/mol. The molecule has 2 N–H and O–H groups in total. The molecule has 0 aliphatic heterocycles. The van der Waals surface area contributed by atoms with Crippen LogP contribution >= 0.6 is 0 Å². The Bertz CT molecular complexity index is 912.